The van der Waals surface area contributed by atoms with Crippen LogP contribution in [0.15, 0.2) is 36.7 Å². The third-order valence-corrected chi connectivity index (χ3v) is 3.79. The van der Waals surface area contributed by atoms with Crippen molar-refractivity contribution < 1.29 is 4.79 Å². The van der Waals surface area contributed by atoms with Gasteiger partial charge in [-0.05, 0) is 30.2 Å². The molecule has 24 heavy (non-hydrogen) atoms. The van der Waals surface area contributed by atoms with Crippen molar-refractivity contribution in [1.82, 2.24) is 15.0 Å². The molecule has 1 amide bonds. The molecule has 122 valence electrons. The molecule has 1 aromatic carbocycles. The summed E-state index contributed by atoms with van der Waals surface area (Å²) in [4.78, 5) is 26.3. The van der Waals surface area contributed by atoms with Crippen LogP contribution in [0.5, 0.6) is 0 Å². The maximum Gasteiger partial charge on any atom is 0.224 e. The molecule has 0 unspecified atom stereocenters. The molecule has 6 heteroatoms. The second-order valence-electron chi connectivity index (χ2n) is 5.99. The van der Waals surface area contributed by atoms with Crippen molar-refractivity contribution in [2.24, 2.45) is 5.73 Å². The molecule has 0 aliphatic carbocycles. The number of fused-ring (bicyclic) bond motifs is 1. The fraction of sp³-hybridized carbons (Fsp3) is 0.222. The van der Waals surface area contributed by atoms with Crippen LogP contribution in [0.4, 0.5) is 5.95 Å². The predicted octanol–water partition coefficient (Wildman–Crippen LogP) is 2.09. The van der Waals surface area contributed by atoms with E-state index in [9.17, 15) is 4.79 Å². The number of amides is 1. The van der Waals surface area contributed by atoms with Gasteiger partial charge in [-0.15, -0.1) is 0 Å². The highest BCUT2D eigenvalue weighted by Gasteiger charge is 2.08. The second-order valence-corrected chi connectivity index (χ2v) is 5.99. The summed E-state index contributed by atoms with van der Waals surface area (Å²) in [6, 6.07) is 7.82. The Kier molecular flexibility index (Phi) is 4.12. The Morgan fingerprint density at radius 3 is 2.50 bits per heavy atom. The Balaban J connectivity index is 2.06. The number of pyridine rings is 1. The number of benzene rings is 1. The fourth-order valence-electron chi connectivity index (χ4n) is 2.59. The van der Waals surface area contributed by atoms with Gasteiger partial charge in [0.1, 0.15) is 0 Å². The predicted molar refractivity (Wildman–Crippen MR) is 94.7 cm³/mol. The lowest BCUT2D eigenvalue weighted by molar-refractivity contribution is -0.117. The standard InChI is InChI=1S/C18H19N5O/c1-11-6-15(13-9-20-18(21-10-13)23(2)3)22-16-7-12(8-17(19)24)4-5-14(11)16/h4-7,9-10H,8H2,1-3H3,(H2,19,24). The van der Waals surface area contributed by atoms with Gasteiger partial charge in [0.2, 0.25) is 11.9 Å². The largest absolute Gasteiger partial charge is 0.369 e. The van der Waals surface area contributed by atoms with E-state index in [1.54, 1.807) is 12.4 Å². The highest BCUT2D eigenvalue weighted by Crippen LogP contribution is 2.25. The van der Waals surface area contributed by atoms with E-state index in [-0.39, 0.29) is 12.3 Å². The van der Waals surface area contributed by atoms with E-state index >= 15 is 0 Å². The summed E-state index contributed by atoms with van der Waals surface area (Å²) in [7, 11) is 3.79. The molecule has 0 saturated heterocycles. The zero-order valence-electron chi connectivity index (χ0n) is 13.9. The highest BCUT2D eigenvalue weighted by atomic mass is 16.1. The molecular weight excluding hydrogens is 302 g/mol. The monoisotopic (exact) mass is 321 g/mol. The van der Waals surface area contributed by atoms with Crippen LogP contribution in [0, 0.1) is 6.92 Å². The first-order chi connectivity index (χ1) is 11.4. The first-order valence-electron chi connectivity index (χ1n) is 7.62. The Morgan fingerprint density at radius 1 is 1.17 bits per heavy atom. The third-order valence-electron chi connectivity index (χ3n) is 3.79. The van der Waals surface area contributed by atoms with Gasteiger partial charge in [0, 0.05) is 37.4 Å². The summed E-state index contributed by atoms with van der Waals surface area (Å²) in [5, 5.41) is 1.05. The molecule has 3 rings (SSSR count). The van der Waals surface area contributed by atoms with Crippen molar-refractivity contribution in [1.29, 1.82) is 0 Å². The van der Waals surface area contributed by atoms with Crippen LogP contribution in [-0.4, -0.2) is 35.0 Å². The summed E-state index contributed by atoms with van der Waals surface area (Å²) >= 11 is 0. The number of anilines is 1. The van der Waals surface area contributed by atoms with Crippen LogP contribution < -0.4 is 10.6 Å². The van der Waals surface area contributed by atoms with Crippen molar-refractivity contribution in [3.05, 3.63) is 47.8 Å². The third kappa shape index (κ3) is 3.17. The highest BCUT2D eigenvalue weighted by molar-refractivity contribution is 5.86. The molecule has 0 radical (unpaired) electrons. The minimum Gasteiger partial charge on any atom is -0.369 e. The van der Waals surface area contributed by atoms with E-state index in [0.717, 1.165) is 33.3 Å². The smallest absolute Gasteiger partial charge is 0.224 e. The summed E-state index contributed by atoms with van der Waals surface area (Å²) < 4.78 is 0. The van der Waals surface area contributed by atoms with E-state index in [1.807, 2.05) is 50.2 Å². The number of nitrogens with two attached hydrogens (primary N) is 1. The van der Waals surface area contributed by atoms with Crippen LogP contribution in [-0.2, 0) is 11.2 Å². The van der Waals surface area contributed by atoms with Crippen molar-refractivity contribution >= 4 is 22.8 Å². The minimum absolute atomic E-state index is 0.210. The molecule has 2 aromatic heterocycles. The quantitative estimate of drug-likeness (QED) is 0.795. The lowest BCUT2D eigenvalue weighted by atomic mass is 10.0. The van der Waals surface area contributed by atoms with E-state index in [0.29, 0.717) is 5.95 Å². The number of carbonyl (C=O) groups is 1. The Morgan fingerprint density at radius 2 is 1.88 bits per heavy atom. The van der Waals surface area contributed by atoms with Crippen LogP contribution in [0.25, 0.3) is 22.2 Å². The molecule has 0 bridgehead atoms. The number of primary amides is 1. The number of aromatic nitrogens is 3. The lowest BCUT2D eigenvalue weighted by Crippen LogP contribution is -2.13. The first kappa shape index (κ1) is 15.9. The average Bonchev–Trinajstić information content (AvgIpc) is 2.54. The van der Waals surface area contributed by atoms with Gasteiger partial charge >= 0.3 is 0 Å². The maximum absolute atomic E-state index is 11.1. The molecule has 0 aliphatic heterocycles. The molecule has 6 nitrogen and oxygen atoms in total. The number of carbonyl (C=O) groups excluding carboxylic acids is 1. The molecule has 3 aromatic rings. The fourth-order valence-corrected chi connectivity index (χ4v) is 2.59. The van der Waals surface area contributed by atoms with Crippen molar-refractivity contribution in [2.75, 3.05) is 19.0 Å². The number of hydrogen-bond donors (Lipinski definition) is 1. The first-order valence-corrected chi connectivity index (χ1v) is 7.62. The van der Waals surface area contributed by atoms with Crippen molar-refractivity contribution in [2.45, 2.75) is 13.3 Å². The van der Waals surface area contributed by atoms with Gasteiger partial charge in [-0.25, -0.2) is 15.0 Å². The van der Waals surface area contributed by atoms with Gasteiger partial charge in [-0.3, -0.25) is 4.79 Å². The number of hydrogen-bond acceptors (Lipinski definition) is 5. The topological polar surface area (TPSA) is 85.0 Å². The number of nitrogens with zero attached hydrogens (tertiary/aromatic N) is 4. The van der Waals surface area contributed by atoms with Gasteiger partial charge in [0.15, 0.2) is 0 Å². The van der Waals surface area contributed by atoms with E-state index in [2.05, 4.69) is 9.97 Å². The zero-order chi connectivity index (χ0) is 17.3. The Bertz CT molecular complexity index is 903. The van der Waals surface area contributed by atoms with Crippen LogP contribution in [0.3, 0.4) is 0 Å². The van der Waals surface area contributed by atoms with E-state index < -0.39 is 0 Å². The molecular formula is C18H19N5O. The second kappa shape index (κ2) is 6.23. The Labute approximate surface area is 140 Å². The van der Waals surface area contributed by atoms with Crippen LogP contribution >= 0.6 is 0 Å². The van der Waals surface area contributed by atoms with E-state index in [1.165, 1.54) is 0 Å². The molecule has 0 aliphatic rings. The molecule has 0 saturated carbocycles. The van der Waals surface area contributed by atoms with Crippen LogP contribution in [0.2, 0.25) is 0 Å². The van der Waals surface area contributed by atoms with Crippen molar-refractivity contribution in [3.63, 3.8) is 0 Å². The Hall–Kier alpha value is -3.02. The molecule has 0 fully saturated rings. The van der Waals surface area contributed by atoms with Gasteiger partial charge in [0.25, 0.3) is 0 Å². The van der Waals surface area contributed by atoms with E-state index in [4.69, 9.17) is 10.7 Å². The van der Waals surface area contributed by atoms with Gasteiger partial charge in [-0.2, -0.15) is 0 Å². The normalized spacial score (nSPS) is 10.8. The SMILES string of the molecule is Cc1cc(-c2cnc(N(C)C)nc2)nc2cc(CC(N)=O)ccc12. The maximum atomic E-state index is 11.1. The summed E-state index contributed by atoms with van der Waals surface area (Å²) in [5.41, 5.74) is 9.74. The van der Waals surface area contributed by atoms with Gasteiger partial charge < -0.3 is 10.6 Å². The minimum atomic E-state index is -0.352. The number of aryl methyl sites for hydroxylation is 1. The molecule has 0 atom stereocenters. The summed E-state index contributed by atoms with van der Waals surface area (Å²) in [6.45, 7) is 2.04. The lowest BCUT2D eigenvalue weighted by Gasteiger charge is -2.11. The van der Waals surface area contributed by atoms with Gasteiger partial charge in [-0.1, -0.05) is 12.1 Å². The number of rotatable bonds is 4. The van der Waals surface area contributed by atoms with Crippen LogP contribution in [0.1, 0.15) is 11.1 Å². The molecule has 0 spiro atoms. The average molecular weight is 321 g/mol. The summed E-state index contributed by atoms with van der Waals surface area (Å²) in [6.07, 6.45) is 3.74. The molecule has 2 N–H and O–H groups in total. The molecule has 2 heterocycles. The van der Waals surface area contributed by atoms with Crippen molar-refractivity contribution in [3.8, 4) is 11.3 Å². The summed E-state index contributed by atoms with van der Waals surface area (Å²) in [5.74, 6) is 0.301. The van der Waals surface area contributed by atoms with Gasteiger partial charge in [0.05, 0.1) is 17.6 Å². The zero-order valence-corrected chi connectivity index (χ0v) is 13.9.